The Kier molecular flexibility index (Phi) is 6.03. The van der Waals surface area contributed by atoms with Gasteiger partial charge in [0.25, 0.3) is 5.56 Å². The lowest BCUT2D eigenvalue weighted by Gasteiger charge is -2.18. The third-order valence-corrected chi connectivity index (χ3v) is 5.48. The molecule has 0 unspecified atom stereocenters. The first-order chi connectivity index (χ1) is 15.5. The Morgan fingerprint density at radius 3 is 2.56 bits per heavy atom. The minimum Gasteiger partial charge on any atom is -0.329 e. The maximum absolute atomic E-state index is 13.3. The van der Waals surface area contributed by atoms with Crippen molar-refractivity contribution >= 4 is 28.6 Å². The molecule has 32 heavy (non-hydrogen) atoms. The molecule has 0 spiro atoms. The van der Waals surface area contributed by atoms with E-state index in [9.17, 15) is 4.79 Å². The fourth-order valence-electron chi connectivity index (χ4n) is 3.69. The van der Waals surface area contributed by atoms with Gasteiger partial charge in [0.15, 0.2) is 0 Å². The Morgan fingerprint density at radius 1 is 1.19 bits per heavy atom. The molecule has 0 aliphatic heterocycles. The van der Waals surface area contributed by atoms with Gasteiger partial charge in [0, 0.05) is 5.56 Å². The largest absolute Gasteiger partial charge is 0.329 e. The number of H-pyrrole nitrogens is 1. The van der Waals surface area contributed by atoms with Crippen LogP contribution in [-0.2, 0) is 6.54 Å². The van der Waals surface area contributed by atoms with Gasteiger partial charge in [-0.15, -0.1) is 0 Å². The van der Waals surface area contributed by atoms with E-state index in [1.807, 2.05) is 37.3 Å². The minimum absolute atomic E-state index is 0.162. The van der Waals surface area contributed by atoms with Crippen LogP contribution in [0.2, 0.25) is 0 Å². The van der Waals surface area contributed by atoms with Crippen LogP contribution in [0.15, 0.2) is 77.2 Å². The van der Waals surface area contributed by atoms with Gasteiger partial charge in [-0.05, 0) is 36.1 Å². The van der Waals surface area contributed by atoms with Gasteiger partial charge in [-0.1, -0.05) is 69.0 Å². The van der Waals surface area contributed by atoms with E-state index in [-0.39, 0.29) is 5.56 Å². The predicted molar refractivity (Wildman–Crippen MR) is 133 cm³/mol. The first-order valence-electron chi connectivity index (χ1n) is 10.7. The van der Waals surface area contributed by atoms with E-state index in [2.05, 4.69) is 60.2 Å². The molecule has 162 valence electrons. The number of hydrogen-bond donors (Lipinski definition) is 2. The van der Waals surface area contributed by atoms with E-state index in [1.54, 1.807) is 16.8 Å². The molecule has 0 saturated carbocycles. The van der Waals surface area contributed by atoms with Crippen molar-refractivity contribution in [3.63, 3.8) is 0 Å². The number of nitrogens with one attached hydrogen (secondary N) is 2. The number of aliphatic imine (C=N–C) groups is 1. The average molecular weight is 426 g/mol. The Morgan fingerprint density at radius 2 is 1.91 bits per heavy atom. The summed E-state index contributed by atoms with van der Waals surface area (Å²) in [5.74, 6) is 1.80. The number of benzene rings is 2. The number of aromatic amines is 1. The minimum atomic E-state index is -0.162. The van der Waals surface area contributed by atoms with E-state index in [0.29, 0.717) is 35.0 Å². The molecule has 2 aromatic carbocycles. The summed E-state index contributed by atoms with van der Waals surface area (Å²) >= 11 is 0. The molecule has 0 saturated heterocycles. The van der Waals surface area contributed by atoms with Gasteiger partial charge in [0.1, 0.15) is 5.82 Å². The number of hydrogen-bond acceptors (Lipinski definition) is 3. The number of nitrogens with zero attached hydrogens (tertiary/aromatic N) is 3. The van der Waals surface area contributed by atoms with Crippen molar-refractivity contribution in [3.8, 4) is 5.69 Å². The molecule has 2 aromatic heterocycles. The van der Waals surface area contributed by atoms with Crippen LogP contribution in [0, 0.1) is 0 Å². The number of fused-ring (bicyclic) bond motifs is 1. The fourth-order valence-corrected chi connectivity index (χ4v) is 3.69. The summed E-state index contributed by atoms with van der Waals surface area (Å²) in [4.78, 5) is 18.0. The first kappa shape index (κ1) is 21.3. The Bertz CT molecular complexity index is 1330. The van der Waals surface area contributed by atoms with Gasteiger partial charge in [-0.3, -0.25) is 19.5 Å². The van der Waals surface area contributed by atoms with Crippen LogP contribution in [0.1, 0.15) is 43.4 Å². The maximum Gasteiger partial charge on any atom is 0.267 e. The number of rotatable bonds is 6. The quantitative estimate of drug-likeness (QED) is 0.316. The van der Waals surface area contributed by atoms with Crippen molar-refractivity contribution < 1.29 is 0 Å². The second kappa shape index (κ2) is 9.06. The zero-order valence-electron chi connectivity index (χ0n) is 18.6. The van der Waals surface area contributed by atoms with Gasteiger partial charge in [-0.25, -0.2) is 0 Å². The number of anilines is 1. The van der Waals surface area contributed by atoms with Crippen LogP contribution < -0.4 is 10.9 Å². The number of aromatic nitrogens is 3. The first-order valence-corrected chi connectivity index (χ1v) is 10.7. The van der Waals surface area contributed by atoms with Crippen LogP contribution in [-0.4, -0.2) is 20.6 Å². The third-order valence-electron chi connectivity index (χ3n) is 5.48. The molecule has 4 rings (SSSR count). The molecule has 0 fully saturated rings. The summed E-state index contributed by atoms with van der Waals surface area (Å²) in [6.45, 7) is 10.8. The molecule has 0 atom stereocenters. The predicted octanol–water partition coefficient (Wildman–Crippen LogP) is 5.51. The monoisotopic (exact) mass is 425 g/mol. The highest BCUT2D eigenvalue weighted by Crippen LogP contribution is 2.26. The number of para-hydroxylation sites is 1. The second-order valence-corrected chi connectivity index (χ2v) is 8.02. The summed E-state index contributed by atoms with van der Waals surface area (Å²) in [5.41, 5.74) is 4.44. The standard InChI is InChI=1S/C26H27N5O/c1-5-22-24-23(16-28-30-24)26(32)31(21-9-7-6-8-10-21)25(22)29-18(4)27-15-19-11-13-20(14-12-19)17(2)3/h5-14,16-17H,1,15H2,2-4H3,(H,27,29)(H,28,30). The van der Waals surface area contributed by atoms with Crippen LogP contribution in [0.5, 0.6) is 0 Å². The molecular weight excluding hydrogens is 398 g/mol. The summed E-state index contributed by atoms with van der Waals surface area (Å²) in [6.07, 6.45) is 3.27. The lowest BCUT2D eigenvalue weighted by molar-refractivity contribution is 0.864. The van der Waals surface area contributed by atoms with E-state index >= 15 is 0 Å². The van der Waals surface area contributed by atoms with Gasteiger partial charge < -0.3 is 5.32 Å². The number of pyridine rings is 1. The summed E-state index contributed by atoms with van der Waals surface area (Å²) in [5, 5.41) is 10.9. The van der Waals surface area contributed by atoms with Crippen LogP contribution in [0.25, 0.3) is 22.7 Å². The van der Waals surface area contributed by atoms with E-state index in [0.717, 1.165) is 16.8 Å². The summed E-state index contributed by atoms with van der Waals surface area (Å²) in [7, 11) is 0. The Hall–Kier alpha value is -3.93. The van der Waals surface area contributed by atoms with E-state index < -0.39 is 0 Å². The molecule has 0 aliphatic carbocycles. The summed E-state index contributed by atoms with van der Waals surface area (Å²) in [6, 6.07) is 18.0. The van der Waals surface area contributed by atoms with Crippen LogP contribution in [0.4, 0.5) is 5.82 Å². The van der Waals surface area contributed by atoms with Crippen LogP contribution in [0.3, 0.4) is 0 Å². The highest BCUT2D eigenvalue weighted by atomic mass is 16.1. The SMILES string of the molecule is C=Cc1c(NC(C)=NCc2ccc(C(C)C)cc2)n(-c2ccccc2)c(=O)c2cn[nH]c12. The normalized spacial score (nSPS) is 11.8. The zero-order chi connectivity index (χ0) is 22.7. The van der Waals surface area contributed by atoms with E-state index in [1.165, 1.54) is 5.56 Å². The Labute approximate surface area is 187 Å². The van der Waals surface area contributed by atoms with Crippen LogP contribution >= 0.6 is 0 Å². The van der Waals surface area contributed by atoms with Crippen molar-refractivity contribution in [1.82, 2.24) is 14.8 Å². The second-order valence-electron chi connectivity index (χ2n) is 8.02. The molecule has 2 heterocycles. The lowest BCUT2D eigenvalue weighted by Crippen LogP contribution is -2.25. The van der Waals surface area contributed by atoms with Crippen molar-refractivity contribution in [2.45, 2.75) is 33.2 Å². The molecule has 2 N–H and O–H groups in total. The van der Waals surface area contributed by atoms with Crippen molar-refractivity contribution in [1.29, 1.82) is 0 Å². The van der Waals surface area contributed by atoms with Crippen molar-refractivity contribution in [3.05, 3.63) is 94.4 Å². The maximum atomic E-state index is 13.3. The molecule has 6 nitrogen and oxygen atoms in total. The van der Waals surface area contributed by atoms with Gasteiger partial charge in [0.2, 0.25) is 0 Å². The number of amidine groups is 1. The topological polar surface area (TPSA) is 75.1 Å². The van der Waals surface area contributed by atoms with Crippen molar-refractivity contribution in [2.24, 2.45) is 4.99 Å². The van der Waals surface area contributed by atoms with E-state index in [4.69, 9.17) is 4.99 Å². The van der Waals surface area contributed by atoms with Crippen molar-refractivity contribution in [2.75, 3.05) is 5.32 Å². The smallest absolute Gasteiger partial charge is 0.267 e. The molecular formula is C26H27N5O. The molecule has 4 aromatic rings. The molecule has 6 heteroatoms. The average Bonchev–Trinajstić information content (AvgIpc) is 3.29. The Balaban J connectivity index is 1.73. The van der Waals surface area contributed by atoms with Gasteiger partial charge in [0.05, 0.1) is 35.2 Å². The van der Waals surface area contributed by atoms with Gasteiger partial charge in [-0.2, -0.15) is 5.10 Å². The summed E-state index contributed by atoms with van der Waals surface area (Å²) < 4.78 is 1.64. The molecule has 0 amide bonds. The zero-order valence-corrected chi connectivity index (χ0v) is 18.6. The highest BCUT2D eigenvalue weighted by molar-refractivity contribution is 5.99. The molecule has 0 bridgehead atoms. The fraction of sp³-hybridized carbons (Fsp3) is 0.192. The third kappa shape index (κ3) is 4.12. The molecule has 0 radical (unpaired) electrons. The lowest BCUT2D eigenvalue weighted by atomic mass is 10.0. The highest BCUT2D eigenvalue weighted by Gasteiger charge is 2.18. The van der Waals surface area contributed by atoms with Gasteiger partial charge >= 0.3 is 0 Å². The molecule has 0 aliphatic rings.